The van der Waals surface area contributed by atoms with E-state index in [4.69, 9.17) is 0 Å². The van der Waals surface area contributed by atoms with Crippen molar-refractivity contribution in [1.29, 1.82) is 0 Å². The first-order chi connectivity index (χ1) is 14.7. The van der Waals surface area contributed by atoms with E-state index >= 15 is 0 Å². The molecule has 4 aromatic carbocycles. The van der Waals surface area contributed by atoms with Crippen LogP contribution in [0.2, 0.25) is 0 Å². The molecule has 0 aliphatic carbocycles. The van der Waals surface area contributed by atoms with Gasteiger partial charge in [0.15, 0.2) is 0 Å². The third-order valence-electron chi connectivity index (χ3n) is 6.11. The number of para-hydroxylation sites is 1. The maximum absolute atomic E-state index is 3.79. The summed E-state index contributed by atoms with van der Waals surface area (Å²) >= 11 is 1.90. The smallest absolute Gasteiger partial charge is 0.0568 e. The van der Waals surface area contributed by atoms with Crippen LogP contribution in [0.25, 0.3) is 0 Å². The zero-order chi connectivity index (χ0) is 20.5. The second-order valence-corrected chi connectivity index (χ2v) is 8.99. The molecule has 0 amide bonds. The molecule has 0 spiro atoms. The van der Waals surface area contributed by atoms with E-state index in [1.165, 1.54) is 43.4 Å². The first kappa shape index (κ1) is 19.0. The summed E-state index contributed by atoms with van der Waals surface area (Å²) in [6, 6.07) is 34.9. The predicted molar refractivity (Wildman–Crippen MR) is 128 cm³/mol. The fourth-order valence-corrected chi connectivity index (χ4v) is 5.53. The highest BCUT2D eigenvalue weighted by atomic mass is 32.2. The maximum atomic E-state index is 3.79. The van der Waals surface area contributed by atoms with E-state index in [0.29, 0.717) is 11.8 Å². The SMILES string of the molecule is CC(c1ccccc1)c1ccc(C(C)c2ccccc2)c2c1Nc1ccccc1S2. The van der Waals surface area contributed by atoms with Crippen LogP contribution in [0, 0.1) is 0 Å². The van der Waals surface area contributed by atoms with E-state index < -0.39 is 0 Å². The van der Waals surface area contributed by atoms with Crippen molar-refractivity contribution >= 4 is 23.1 Å². The third-order valence-corrected chi connectivity index (χ3v) is 7.33. The van der Waals surface area contributed by atoms with E-state index in [9.17, 15) is 0 Å². The molecule has 2 atom stereocenters. The Morgan fingerprint density at radius 3 is 1.80 bits per heavy atom. The Labute approximate surface area is 183 Å². The summed E-state index contributed by atoms with van der Waals surface area (Å²) in [5.41, 5.74) is 7.88. The largest absolute Gasteiger partial charge is 0.353 e. The van der Waals surface area contributed by atoms with Gasteiger partial charge in [-0.05, 0) is 34.4 Å². The van der Waals surface area contributed by atoms with Crippen LogP contribution < -0.4 is 5.32 Å². The summed E-state index contributed by atoms with van der Waals surface area (Å²) in [6.07, 6.45) is 0. The Balaban J connectivity index is 1.65. The number of rotatable bonds is 4. The van der Waals surface area contributed by atoms with Gasteiger partial charge in [0.2, 0.25) is 0 Å². The molecule has 30 heavy (non-hydrogen) atoms. The molecule has 1 aliphatic heterocycles. The lowest BCUT2D eigenvalue weighted by Crippen LogP contribution is -2.10. The fourth-order valence-electron chi connectivity index (χ4n) is 4.30. The molecule has 4 aromatic rings. The first-order valence-corrected chi connectivity index (χ1v) is 11.3. The van der Waals surface area contributed by atoms with Crippen molar-refractivity contribution in [2.75, 3.05) is 5.32 Å². The minimum absolute atomic E-state index is 0.319. The van der Waals surface area contributed by atoms with Crippen LogP contribution in [0.5, 0.6) is 0 Å². The molecule has 1 heterocycles. The van der Waals surface area contributed by atoms with Crippen molar-refractivity contribution in [3.05, 3.63) is 119 Å². The second-order valence-electron chi connectivity index (χ2n) is 7.94. The van der Waals surface area contributed by atoms with Crippen molar-refractivity contribution in [2.45, 2.75) is 35.5 Å². The molecule has 0 radical (unpaired) electrons. The summed E-state index contributed by atoms with van der Waals surface area (Å²) in [7, 11) is 0. The Hall–Kier alpha value is -2.97. The van der Waals surface area contributed by atoms with Crippen LogP contribution in [0.3, 0.4) is 0 Å². The molecule has 0 saturated carbocycles. The van der Waals surface area contributed by atoms with Gasteiger partial charge in [0.1, 0.15) is 0 Å². The van der Waals surface area contributed by atoms with Gasteiger partial charge >= 0.3 is 0 Å². The van der Waals surface area contributed by atoms with E-state index in [1.807, 2.05) is 11.8 Å². The fraction of sp³-hybridized carbons (Fsp3) is 0.143. The Kier molecular flexibility index (Phi) is 5.10. The van der Waals surface area contributed by atoms with Crippen LogP contribution in [0.1, 0.15) is 47.9 Å². The maximum Gasteiger partial charge on any atom is 0.0568 e. The molecule has 1 aliphatic rings. The normalized spacial score (nSPS) is 14.2. The highest BCUT2D eigenvalue weighted by molar-refractivity contribution is 7.99. The average molecular weight is 408 g/mol. The zero-order valence-corrected chi connectivity index (χ0v) is 18.1. The van der Waals surface area contributed by atoms with Crippen LogP contribution in [0.15, 0.2) is 107 Å². The molecule has 0 aromatic heterocycles. The summed E-state index contributed by atoms with van der Waals surface area (Å²) in [5.74, 6) is 0.653. The molecule has 1 N–H and O–H groups in total. The molecule has 0 fully saturated rings. The van der Waals surface area contributed by atoms with Crippen molar-refractivity contribution in [2.24, 2.45) is 0 Å². The molecular weight excluding hydrogens is 382 g/mol. The minimum Gasteiger partial charge on any atom is -0.353 e. The lowest BCUT2D eigenvalue weighted by atomic mass is 9.87. The van der Waals surface area contributed by atoms with Gasteiger partial charge in [0, 0.05) is 21.6 Å². The van der Waals surface area contributed by atoms with Gasteiger partial charge in [0.25, 0.3) is 0 Å². The second kappa shape index (κ2) is 8.04. The number of benzene rings is 4. The molecule has 0 saturated heterocycles. The summed E-state index contributed by atoms with van der Waals surface area (Å²) in [5, 5.41) is 3.79. The van der Waals surface area contributed by atoms with Gasteiger partial charge in [-0.25, -0.2) is 0 Å². The lowest BCUT2D eigenvalue weighted by molar-refractivity contribution is 0.873. The van der Waals surface area contributed by atoms with Crippen LogP contribution in [0.4, 0.5) is 11.4 Å². The Bertz CT molecular complexity index is 1070. The van der Waals surface area contributed by atoms with Gasteiger partial charge in [-0.15, -0.1) is 0 Å². The minimum atomic E-state index is 0.319. The Morgan fingerprint density at radius 2 is 1.13 bits per heavy atom. The standard InChI is InChI=1S/C28H25NS/c1-19(21-11-5-3-6-12-21)23-17-18-24(20(2)22-13-7-4-8-14-22)28-27(23)29-25-15-9-10-16-26(25)30-28/h3-20,29H,1-2H3. The van der Waals surface area contributed by atoms with E-state index in [0.717, 1.165) is 0 Å². The summed E-state index contributed by atoms with van der Waals surface area (Å²) in [4.78, 5) is 2.64. The van der Waals surface area contributed by atoms with Crippen LogP contribution in [-0.4, -0.2) is 0 Å². The average Bonchev–Trinajstić information content (AvgIpc) is 2.82. The van der Waals surface area contributed by atoms with Gasteiger partial charge in [-0.3, -0.25) is 0 Å². The monoisotopic (exact) mass is 407 g/mol. The molecular formula is C28H25NS. The quantitative estimate of drug-likeness (QED) is 0.322. The molecule has 2 unspecified atom stereocenters. The lowest BCUT2D eigenvalue weighted by Gasteiger charge is -2.29. The summed E-state index contributed by atoms with van der Waals surface area (Å²) < 4.78 is 0. The van der Waals surface area contributed by atoms with Crippen molar-refractivity contribution in [3.63, 3.8) is 0 Å². The topological polar surface area (TPSA) is 12.0 Å². The predicted octanol–water partition coefficient (Wildman–Crippen LogP) is 8.20. The number of anilines is 2. The highest BCUT2D eigenvalue weighted by Crippen LogP contribution is 2.51. The van der Waals surface area contributed by atoms with E-state index in [-0.39, 0.29) is 0 Å². The van der Waals surface area contributed by atoms with Gasteiger partial charge < -0.3 is 5.32 Å². The first-order valence-electron chi connectivity index (χ1n) is 10.5. The molecule has 1 nitrogen and oxygen atoms in total. The molecule has 0 bridgehead atoms. The number of hydrogen-bond donors (Lipinski definition) is 1. The molecule has 5 rings (SSSR count). The van der Waals surface area contributed by atoms with Crippen molar-refractivity contribution in [3.8, 4) is 0 Å². The van der Waals surface area contributed by atoms with Crippen LogP contribution in [-0.2, 0) is 0 Å². The number of nitrogens with one attached hydrogen (secondary N) is 1. The van der Waals surface area contributed by atoms with E-state index in [1.54, 1.807) is 0 Å². The zero-order valence-electron chi connectivity index (χ0n) is 17.3. The van der Waals surface area contributed by atoms with Crippen molar-refractivity contribution < 1.29 is 0 Å². The van der Waals surface area contributed by atoms with Crippen molar-refractivity contribution in [1.82, 2.24) is 0 Å². The summed E-state index contributed by atoms with van der Waals surface area (Å²) in [6.45, 7) is 4.62. The number of hydrogen-bond acceptors (Lipinski definition) is 2. The molecule has 2 heteroatoms. The molecule has 148 valence electrons. The van der Waals surface area contributed by atoms with E-state index in [2.05, 4.69) is 116 Å². The third kappa shape index (κ3) is 3.42. The van der Waals surface area contributed by atoms with Gasteiger partial charge in [-0.1, -0.05) is 111 Å². The number of fused-ring (bicyclic) bond motifs is 2. The van der Waals surface area contributed by atoms with Gasteiger partial charge in [0.05, 0.1) is 11.4 Å². The van der Waals surface area contributed by atoms with Gasteiger partial charge in [-0.2, -0.15) is 0 Å². The highest BCUT2D eigenvalue weighted by Gasteiger charge is 2.26. The Morgan fingerprint density at radius 1 is 0.600 bits per heavy atom. The van der Waals surface area contributed by atoms with Crippen LogP contribution >= 0.6 is 11.8 Å².